The monoisotopic (exact) mass is 248 g/mol. The van der Waals surface area contributed by atoms with Gasteiger partial charge in [-0.05, 0) is 36.6 Å². The number of aryl methyl sites for hydroxylation is 1. The zero-order chi connectivity index (χ0) is 13.7. The van der Waals surface area contributed by atoms with Crippen molar-refractivity contribution in [2.75, 3.05) is 7.11 Å². The van der Waals surface area contributed by atoms with Gasteiger partial charge in [-0.1, -0.05) is 6.08 Å². The fraction of sp³-hybridized carbons (Fsp3) is 0.286. The first-order valence-corrected chi connectivity index (χ1v) is 5.50. The van der Waals surface area contributed by atoms with E-state index in [4.69, 9.17) is 4.74 Å². The number of methoxy groups -OCH3 is 1. The third kappa shape index (κ3) is 3.20. The number of carbonyl (C=O) groups is 2. The Balaban J connectivity index is 3.29. The average molecular weight is 248 g/mol. The van der Waals surface area contributed by atoms with E-state index in [1.807, 2.05) is 0 Å². The molecule has 0 spiro atoms. The van der Waals surface area contributed by atoms with Crippen molar-refractivity contribution < 1.29 is 19.1 Å². The molecule has 0 aromatic heterocycles. The SMILES string of the molecule is C=CCc1cc(C(=O)OC)cc(C)c1OC(C)=O. The standard InChI is InChI=1S/C14H16O4/c1-5-6-11-8-12(14(16)17-4)7-9(2)13(11)18-10(3)15/h5,7-8H,1,6H2,2-4H3. The second-order valence-corrected chi connectivity index (χ2v) is 3.86. The summed E-state index contributed by atoms with van der Waals surface area (Å²) in [6, 6.07) is 3.29. The fourth-order valence-electron chi connectivity index (χ4n) is 1.68. The lowest BCUT2D eigenvalue weighted by atomic mass is 10.0. The van der Waals surface area contributed by atoms with Gasteiger partial charge in [0.2, 0.25) is 0 Å². The summed E-state index contributed by atoms with van der Waals surface area (Å²) in [5, 5.41) is 0. The molecule has 0 bridgehead atoms. The number of ether oxygens (including phenoxy) is 2. The Labute approximate surface area is 106 Å². The third-order valence-electron chi connectivity index (χ3n) is 2.38. The highest BCUT2D eigenvalue weighted by Gasteiger charge is 2.14. The molecule has 0 saturated heterocycles. The molecule has 0 aliphatic rings. The predicted molar refractivity (Wildman–Crippen MR) is 67.7 cm³/mol. The maximum absolute atomic E-state index is 11.5. The van der Waals surface area contributed by atoms with Crippen LogP contribution in [0.5, 0.6) is 5.75 Å². The summed E-state index contributed by atoms with van der Waals surface area (Å²) in [4.78, 5) is 22.6. The molecule has 4 nitrogen and oxygen atoms in total. The molecular weight excluding hydrogens is 232 g/mol. The van der Waals surface area contributed by atoms with E-state index >= 15 is 0 Å². The molecule has 0 aliphatic heterocycles. The normalized spacial score (nSPS) is 9.72. The first-order valence-electron chi connectivity index (χ1n) is 5.50. The number of rotatable bonds is 4. The summed E-state index contributed by atoms with van der Waals surface area (Å²) in [6.07, 6.45) is 2.19. The summed E-state index contributed by atoms with van der Waals surface area (Å²) in [7, 11) is 1.32. The van der Waals surface area contributed by atoms with Crippen LogP contribution in [0.3, 0.4) is 0 Å². The molecule has 0 aliphatic carbocycles. The van der Waals surface area contributed by atoms with Gasteiger partial charge in [0.1, 0.15) is 5.75 Å². The Hall–Kier alpha value is -2.10. The zero-order valence-corrected chi connectivity index (χ0v) is 10.8. The zero-order valence-electron chi connectivity index (χ0n) is 10.8. The van der Waals surface area contributed by atoms with Crippen molar-refractivity contribution in [3.63, 3.8) is 0 Å². The minimum Gasteiger partial charge on any atom is -0.465 e. The Bertz CT molecular complexity index is 489. The van der Waals surface area contributed by atoms with E-state index < -0.39 is 11.9 Å². The fourth-order valence-corrected chi connectivity index (χ4v) is 1.68. The molecule has 18 heavy (non-hydrogen) atoms. The highest BCUT2D eigenvalue weighted by Crippen LogP contribution is 2.27. The summed E-state index contributed by atoms with van der Waals surface area (Å²) >= 11 is 0. The minimum atomic E-state index is -0.419. The van der Waals surface area contributed by atoms with E-state index in [2.05, 4.69) is 11.3 Å². The second kappa shape index (κ2) is 6.00. The van der Waals surface area contributed by atoms with Gasteiger partial charge >= 0.3 is 11.9 Å². The lowest BCUT2D eigenvalue weighted by Crippen LogP contribution is -2.08. The molecule has 4 heteroatoms. The molecule has 0 unspecified atom stereocenters. The first kappa shape index (κ1) is 14.0. The number of benzene rings is 1. The molecule has 0 radical (unpaired) electrons. The lowest BCUT2D eigenvalue weighted by Gasteiger charge is -2.12. The van der Waals surface area contributed by atoms with Crippen LogP contribution in [0, 0.1) is 6.92 Å². The van der Waals surface area contributed by atoms with E-state index in [0.29, 0.717) is 23.3 Å². The molecular formula is C14H16O4. The maximum Gasteiger partial charge on any atom is 0.337 e. The smallest absolute Gasteiger partial charge is 0.337 e. The Morgan fingerprint density at radius 3 is 2.56 bits per heavy atom. The summed E-state index contributed by atoms with van der Waals surface area (Å²) < 4.78 is 9.83. The maximum atomic E-state index is 11.5. The van der Waals surface area contributed by atoms with Gasteiger partial charge in [-0.25, -0.2) is 4.79 Å². The van der Waals surface area contributed by atoms with Crippen LogP contribution in [0.1, 0.15) is 28.4 Å². The molecule has 96 valence electrons. The molecule has 0 fully saturated rings. The van der Waals surface area contributed by atoms with Crippen molar-refractivity contribution in [3.05, 3.63) is 41.5 Å². The van der Waals surface area contributed by atoms with Crippen LogP contribution in [0.2, 0.25) is 0 Å². The van der Waals surface area contributed by atoms with Crippen LogP contribution >= 0.6 is 0 Å². The van der Waals surface area contributed by atoms with Crippen molar-refractivity contribution >= 4 is 11.9 Å². The number of carbonyl (C=O) groups excluding carboxylic acids is 2. The van der Waals surface area contributed by atoms with Gasteiger partial charge < -0.3 is 9.47 Å². The number of hydrogen-bond acceptors (Lipinski definition) is 4. The largest absolute Gasteiger partial charge is 0.465 e. The van der Waals surface area contributed by atoms with E-state index in [9.17, 15) is 9.59 Å². The molecule has 0 N–H and O–H groups in total. The third-order valence-corrected chi connectivity index (χ3v) is 2.38. The van der Waals surface area contributed by atoms with Crippen LogP contribution < -0.4 is 4.74 Å². The average Bonchev–Trinajstić information content (AvgIpc) is 2.32. The van der Waals surface area contributed by atoms with Gasteiger partial charge in [-0.3, -0.25) is 4.79 Å². The number of esters is 2. The number of allylic oxidation sites excluding steroid dienone is 1. The van der Waals surface area contributed by atoms with Gasteiger partial charge in [-0.2, -0.15) is 0 Å². The highest BCUT2D eigenvalue weighted by atomic mass is 16.5. The van der Waals surface area contributed by atoms with Gasteiger partial charge in [0, 0.05) is 6.92 Å². The Morgan fingerprint density at radius 2 is 2.06 bits per heavy atom. The van der Waals surface area contributed by atoms with Gasteiger partial charge in [0.15, 0.2) is 0 Å². The van der Waals surface area contributed by atoms with Gasteiger partial charge in [-0.15, -0.1) is 6.58 Å². The van der Waals surface area contributed by atoms with Crippen molar-refractivity contribution in [3.8, 4) is 5.75 Å². The van der Waals surface area contributed by atoms with Crippen LogP contribution in [0.25, 0.3) is 0 Å². The highest BCUT2D eigenvalue weighted by molar-refractivity contribution is 5.90. The Morgan fingerprint density at radius 1 is 1.39 bits per heavy atom. The molecule has 0 saturated carbocycles. The summed E-state index contributed by atoms with van der Waals surface area (Å²) in [5.41, 5.74) is 1.88. The molecule has 1 aromatic carbocycles. The van der Waals surface area contributed by atoms with Crippen LogP contribution in [0.15, 0.2) is 24.8 Å². The molecule has 1 aromatic rings. The minimum absolute atomic E-state index is 0.394. The number of hydrogen-bond donors (Lipinski definition) is 0. The lowest BCUT2D eigenvalue weighted by molar-refractivity contribution is -0.131. The van der Waals surface area contributed by atoms with E-state index in [-0.39, 0.29) is 0 Å². The van der Waals surface area contributed by atoms with Crippen molar-refractivity contribution in [1.29, 1.82) is 0 Å². The Kier molecular flexibility index (Phi) is 4.66. The predicted octanol–water partition coefficient (Wildman–Crippen LogP) is 2.44. The van der Waals surface area contributed by atoms with E-state index in [0.717, 1.165) is 5.56 Å². The summed E-state index contributed by atoms with van der Waals surface area (Å²) in [6.45, 7) is 6.76. The van der Waals surface area contributed by atoms with Gasteiger partial charge in [0.25, 0.3) is 0 Å². The first-order chi connectivity index (χ1) is 8.49. The summed E-state index contributed by atoms with van der Waals surface area (Å²) in [5.74, 6) is -0.331. The molecule has 0 heterocycles. The molecule has 0 amide bonds. The van der Waals surface area contributed by atoms with Gasteiger partial charge in [0.05, 0.1) is 12.7 Å². The van der Waals surface area contributed by atoms with Crippen molar-refractivity contribution in [2.45, 2.75) is 20.3 Å². The van der Waals surface area contributed by atoms with Crippen molar-refractivity contribution in [2.24, 2.45) is 0 Å². The van der Waals surface area contributed by atoms with Crippen LogP contribution in [0.4, 0.5) is 0 Å². The quantitative estimate of drug-likeness (QED) is 0.466. The van der Waals surface area contributed by atoms with E-state index in [1.165, 1.54) is 14.0 Å². The van der Waals surface area contributed by atoms with Crippen LogP contribution in [-0.2, 0) is 16.0 Å². The van der Waals surface area contributed by atoms with E-state index in [1.54, 1.807) is 25.1 Å². The molecule has 1 rings (SSSR count). The van der Waals surface area contributed by atoms with Crippen LogP contribution in [-0.4, -0.2) is 19.0 Å². The van der Waals surface area contributed by atoms with Crippen molar-refractivity contribution in [1.82, 2.24) is 0 Å². The topological polar surface area (TPSA) is 52.6 Å². The second-order valence-electron chi connectivity index (χ2n) is 3.86. The molecule has 0 atom stereocenters.